The highest BCUT2D eigenvalue weighted by Gasteiger charge is 2.45. The molecule has 1 atom stereocenters. The van der Waals surface area contributed by atoms with Gasteiger partial charge in [0.2, 0.25) is 16.8 Å². The standard InChI is InChI=1S/C22H22N4O5S/c1-12(27)25-15-9-7-6-8-14(15)18-20(28)23-22(32-5)24-26(18)21(25)13-10-16(29-2)19(31-4)17(11-13)30-3/h6-11,21H,1-5H3/p+1/t21-/m1/s1. The van der Waals surface area contributed by atoms with Crippen molar-refractivity contribution in [3.05, 3.63) is 52.3 Å². The fraction of sp³-hybridized carbons (Fsp3) is 0.273. The van der Waals surface area contributed by atoms with Crippen molar-refractivity contribution in [2.45, 2.75) is 18.2 Å². The van der Waals surface area contributed by atoms with Crippen LogP contribution in [0.4, 0.5) is 5.69 Å². The summed E-state index contributed by atoms with van der Waals surface area (Å²) in [6, 6.07) is 10.8. The number of carbonyl (C=O) groups excluding carboxylic acids is 1. The summed E-state index contributed by atoms with van der Waals surface area (Å²) in [7, 11) is 4.57. The zero-order valence-electron chi connectivity index (χ0n) is 18.3. The Balaban J connectivity index is 2.09. The number of ether oxygens (including phenoxy) is 3. The number of anilines is 1. The second-order valence-corrected chi connectivity index (χ2v) is 7.79. The lowest BCUT2D eigenvalue weighted by atomic mass is 10.0. The van der Waals surface area contributed by atoms with Crippen LogP contribution >= 0.6 is 11.8 Å². The van der Waals surface area contributed by atoms with E-state index in [-0.39, 0.29) is 11.5 Å². The summed E-state index contributed by atoms with van der Waals surface area (Å²) in [5.41, 5.74) is 1.93. The third-order valence-electron chi connectivity index (χ3n) is 5.28. The Morgan fingerprint density at radius 2 is 1.78 bits per heavy atom. The Morgan fingerprint density at radius 3 is 2.34 bits per heavy atom. The molecule has 0 bridgehead atoms. The molecule has 0 fully saturated rings. The molecule has 0 saturated carbocycles. The smallest absolute Gasteiger partial charge is 0.325 e. The number of thioether (sulfide) groups is 1. The van der Waals surface area contributed by atoms with Gasteiger partial charge in [-0.25, -0.2) is 4.90 Å². The van der Waals surface area contributed by atoms with Gasteiger partial charge in [-0.05, 0) is 35.2 Å². The predicted octanol–water partition coefficient (Wildman–Crippen LogP) is 2.39. The summed E-state index contributed by atoms with van der Waals surface area (Å²) in [6.45, 7) is 1.48. The number of nitrogens with zero attached hydrogens (tertiary/aromatic N) is 3. The van der Waals surface area contributed by atoms with Gasteiger partial charge in [0.1, 0.15) is 0 Å². The van der Waals surface area contributed by atoms with Crippen molar-refractivity contribution in [3.63, 3.8) is 0 Å². The van der Waals surface area contributed by atoms with E-state index >= 15 is 0 Å². The number of fused-ring (bicyclic) bond motifs is 3. The van der Waals surface area contributed by atoms with E-state index in [2.05, 4.69) is 10.1 Å². The van der Waals surface area contributed by atoms with Crippen molar-refractivity contribution in [2.75, 3.05) is 32.5 Å². The maximum Gasteiger partial charge on any atom is 0.325 e. The van der Waals surface area contributed by atoms with Gasteiger partial charge < -0.3 is 14.2 Å². The quantitative estimate of drug-likeness (QED) is 0.466. The molecule has 0 saturated heterocycles. The number of aromatic nitrogens is 3. The monoisotopic (exact) mass is 455 g/mol. The van der Waals surface area contributed by atoms with Crippen LogP contribution in [0.1, 0.15) is 18.7 Å². The minimum atomic E-state index is -0.751. The van der Waals surface area contributed by atoms with Gasteiger partial charge in [0.25, 0.3) is 6.17 Å². The van der Waals surface area contributed by atoms with Crippen molar-refractivity contribution < 1.29 is 23.7 Å². The van der Waals surface area contributed by atoms with Crippen molar-refractivity contribution in [2.24, 2.45) is 0 Å². The Labute approximate surface area is 188 Å². The Bertz CT molecular complexity index is 1230. The van der Waals surface area contributed by atoms with Crippen LogP contribution in [0.2, 0.25) is 0 Å². The number of nitrogens with one attached hydrogen (secondary N) is 1. The maximum atomic E-state index is 13.1. The zero-order chi connectivity index (χ0) is 23.0. The summed E-state index contributed by atoms with van der Waals surface area (Å²) in [5.74, 6) is 1.09. The molecule has 2 heterocycles. The molecule has 3 aromatic rings. The highest BCUT2D eigenvalue weighted by atomic mass is 32.2. The number of hydrogen-bond acceptors (Lipinski definition) is 7. The van der Waals surface area contributed by atoms with E-state index in [0.717, 1.165) is 0 Å². The van der Waals surface area contributed by atoms with Gasteiger partial charge in [-0.1, -0.05) is 23.9 Å². The van der Waals surface area contributed by atoms with E-state index in [1.54, 1.807) is 27.8 Å². The van der Waals surface area contributed by atoms with Crippen LogP contribution in [0.3, 0.4) is 0 Å². The highest BCUT2D eigenvalue weighted by Crippen LogP contribution is 2.43. The van der Waals surface area contributed by atoms with Gasteiger partial charge in [-0.3, -0.25) is 14.6 Å². The lowest BCUT2D eigenvalue weighted by Gasteiger charge is -2.31. The Hall–Kier alpha value is -3.53. The van der Waals surface area contributed by atoms with Crippen molar-refractivity contribution in [3.8, 4) is 28.5 Å². The van der Waals surface area contributed by atoms with E-state index in [1.807, 2.05) is 24.5 Å². The molecule has 10 heteroatoms. The first-order valence-corrected chi connectivity index (χ1v) is 11.0. The van der Waals surface area contributed by atoms with Crippen LogP contribution in [-0.4, -0.2) is 43.6 Å². The first kappa shape index (κ1) is 21.7. The molecule has 4 rings (SSSR count). The van der Waals surface area contributed by atoms with E-state index in [0.29, 0.717) is 44.9 Å². The van der Waals surface area contributed by atoms with Gasteiger partial charge >= 0.3 is 11.3 Å². The summed E-state index contributed by atoms with van der Waals surface area (Å²) >= 11 is 1.30. The number of benzene rings is 2. The van der Waals surface area contributed by atoms with E-state index < -0.39 is 6.17 Å². The average Bonchev–Trinajstić information content (AvgIpc) is 2.81. The van der Waals surface area contributed by atoms with E-state index in [4.69, 9.17) is 14.2 Å². The molecular weight excluding hydrogens is 432 g/mol. The molecule has 2 aromatic carbocycles. The number of amides is 1. The molecule has 32 heavy (non-hydrogen) atoms. The van der Waals surface area contributed by atoms with Crippen LogP contribution in [0.25, 0.3) is 11.3 Å². The maximum absolute atomic E-state index is 13.1. The zero-order valence-corrected chi connectivity index (χ0v) is 19.1. The van der Waals surface area contributed by atoms with E-state index in [1.165, 1.54) is 40.0 Å². The van der Waals surface area contributed by atoms with Crippen LogP contribution < -0.4 is 29.4 Å². The summed E-state index contributed by atoms with van der Waals surface area (Å²) in [6.07, 6.45) is 1.07. The second-order valence-electron chi connectivity index (χ2n) is 7.00. The molecule has 1 aliphatic heterocycles. The second kappa shape index (κ2) is 8.54. The minimum absolute atomic E-state index is 0.206. The fourth-order valence-corrected chi connectivity index (χ4v) is 4.32. The topological polar surface area (TPSA) is 97.6 Å². The highest BCUT2D eigenvalue weighted by molar-refractivity contribution is 7.98. The molecule has 0 aliphatic carbocycles. The fourth-order valence-electron chi connectivity index (χ4n) is 3.96. The summed E-state index contributed by atoms with van der Waals surface area (Å²) in [4.78, 5) is 30.5. The summed E-state index contributed by atoms with van der Waals surface area (Å²) < 4.78 is 18.1. The van der Waals surface area contributed by atoms with Crippen molar-refractivity contribution >= 4 is 23.4 Å². The largest absolute Gasteiger partial charge is 0.493 e. The van der Waals surface area contributed by atoms with Gasteiger partial charge in [-0.2, -0.15) is 0 Å². The molecule has 9 nitrogen and oxygen atoms in total. The third-order valence-corrected chi connectivity index (χ3v) is 5.85. The first-order chi connectivity index (χ1) is 15.4. The SMILES string of the molecule is COc1cc([C@@H]2N(C(C)=O)c3ccccc3-c3c(=O)[nH]c(SC)n[n+]32)cc(OC)c1OC. The number of para-hydroxylation sites is 1. The molecule has 0 spiro atoms. The lowest BCUT2D eigenvalue weighted by Crippen LogP contribution is -2.60. The minimum Gasteiger partial charge on any atom is -0.493 e. The average molecular weight is 456 g/mol. The van der Waals surface area contributed by atoms with E-state index in [9.17, 15) is 9.59 Å². The number of aromatic amines is 1. The predicted molar refractivity (Wildman–Crippen MR) is 120 cm³/mol. The van der Waals surface area contributed by atoms with Crippen LogP contribution in [-0.2, 0) is 4.79 Å². The lowest BCUT2D eigenvalue weighted by molar-refractivity contribution is -0.763. The van der Waals surface area contributed by atoms with Gasteiger partial charge in [0.15, 0.2) is 11.5 Å². The number of carbonyl (C=O) groups is 1. The van der Waals surface area contributed by atoms with Crippen LogP contribution in [0, 0.1) is 0 Å². The van der Waals surface area contributed by atoms with Gasteiger partial charge in [0, 0.05) is 12.0 Å². The molecule has 166 valence electrons. The first-order valence-electron chi connectivity index (χ1n) is 9.74. The third kappa shape index (κ3) is 3.36. The Morgan fingerprint density at radius 1 is 1.12 bits per heavy atom. The number of H-pyrrole nitrogens is 1. The van der Waals surface area contributed by atoms with Crippen molar-refractivity contribution in [1.29, 1.82) is 0 Å². The molecule has 1 aromatic heterocycles. The molecule has 1 amide bonds. The molecule has 1 aliphatic rings. The summed E-state index contributed by atoms with van der Waals surface area (Å²) in [5, 5.41) is 5.08. The van der Waals surface area contributed by atoms with Crippen LogP contribution in [0.15, 0.2) is 46.3 Å². The number of hydrogen-bond donors (Lipinski definition) is 1. The van der Waals surface area contributed by atoms with Crippen LogP contribution in [0.5, 0.6) is 17.2 Å². The number of rotatable bonds is 5. The normalized spacial score (nSPS) is 14.4. The molecular formula is C22H23N4O5S+. The van der Waals surface area contributed by atoms with Crippen molar-refractivity contribution in [1.82, 2.24) is 10.1 Å². The molecule has 0 radical (unpaired) electrons. The van der Waals surface area contributed by atoms with Gasteiger partial charge in [-0.15, -0.1) is 0 Å². The van der Waals surface area contributed by atoms with Gasteiger partial charge in [0.05, 0.1) is 38.1 Å². The number of methoxy groups -OCH3 is 3. The molecule has 1 N–H and O–H groups in total. The Kier molecular flexibility index (Phi) is 5.79. The molecule has 0 unspecified atom stereocenters.